The molecule has 1 aromatic carbocycles. The number of ether oxygens (including phenoxy) is 1. The van der Waals surface area contributed by atoms with Gasteiger partial charge >= 0.3 is 18.1 Å². The Bertz CT molecular complexity index is 724. The number of nitro groups is 1. The van der Waals surface area contributed by atoms with Gasteiger partial charge in [0.15, 0.2) is 0 Å². The summed E-state index contributed by atoms with van der Waals surface area (Å²) in [7, 11) is 0. The lowest BCUT2D eigenvalue weighted by atomic mass is 9.88. The lowest BCUT2D eigenvalue weighted by molar-refractivity contribution is -0.384. The van der Waals surface area contributed by atoms with E-state index < -0.39 is 51.9 Å². The van der Waals surface area contributed by atoms with Gasteiger partial charge in [-0.05, 0) is 32.9 Å². The van der Waals surface area contributed by atoms with E-state index in [2.05, 4.69) is 4.74 Å². The van der Waals surface area contributed by atoms with E-state index in [9.17, 15) is 32.9 Å². The van der Waals surface area contributed by atoms with Gasteiger partial charge in [-0.3, -0.25) is 14.9 Å². The third-order valence-corrected chi connectivity index (χ3v) is 3.88. The quantitative estimate of drug-likeness (QED) is 0.350. The normalized spacial score (nSPS) is 21.9. The number of amides is 1. The van der Waals surface area contributed by atoms with Crippen LogP contribution in [0.1, 0.15) is 26.3 Å². The number of hydrogen-bond acceptors (Lipinski definition) is 5. The van der Waals surface area contributed by atoms with Crippen molar-refractivity contribution in [3.05, 3.63) is 39.9 Å². The van der Waals surface area contributed by atoms with Crippen molar-refractivity contribution in [1.29, 1.82) is 0 Å². The molecule has 1 aliphatic heterocycles. The number of nitrogens with zero attached hydrogens (tertiary/aromatic N) is 2. The van der Waals surface area contributed by atoms with Crippen molar-refractivity contribution < 1.29 is 32.4 Å². The zero-order valence-corrected chi connectivity index (χ0v) is 13.6. The maximum atomic E-state index is 13.9. The summed E-state index contributed by atoms with van der Waals surface area (Å²) in [6.45, 7) is 3.52. The van der Waals surface area contributed by atoms with Crippen LogP contribution in [0.3, 0.4) is 0 Å². The zero-order valence-electron chi connectivity index (χ0n) is 13.6. The number of hydrogen-bond donors (Lipinski definition) is 0. The highest BCUT2D eigenvalue weighted by Crippen LogP contribution is 2.46. The molecule has 1 amide bonds. The van der Waals surface area contributed by atoms with Gasteiger partial charge in [-0.25, -0.2) is 4.79 Å². The number of alkyl halides is 3. The maximum absolute atomic E-state index is 13.9. The second-order valence-electron chi connectivity index (χ2n) is 6.58. The summed E-state index contributed by atoms with van der Waals surface area (Å²) in [5.41, 5.74) is -5.07. The molecule has 1 unspecified atom stereocenters. The number of carbonyl (C=O) groups is 2. The van der Waals surface area contributed by atoms with Gasteiger partial charge < -0.3 is 9.64 Å². The molecule has 0 radical (unpaired) electrons. The Kier molecular flexibility index (Phi) is 4.27. The summed E-state index contributed by atoms with van der Waals surface area (Å²) in [5, 5.41) is 10.7. The Morgan fingerprint density at radius 2 is 1.68 bits per heavy atom. The van der Waals surface area contributed by atoms with Gasteiger partial charge in [0.1, 0.15) is 0 Å². The minimum atomic E-state index is -5.04. The average Bonchev–Trinajstić information content (AvgIpc) is 2.47. The highest BCUT2D eigenvalue weighted by atomic mass is 19.4. The molecule has 1 aromatic rings. The van der Waals surface area contributed by atoms with Crippen molar-refractivity contribution in [2.75, 3.05) is 6.54 Å². The van der Waals surface area contributed by atoms with Gasteiger partial charge in [-0.15, -0.1) is 0 Å². The van der Waals surface area contributed by atoms with Crippen LogP contribution in [-0.4, -0.2) is 40.0 Å². The summed E-state index contributed by atoms with van der Waals surface area (Å²) in [6.07, 6.45) is -5.04. The summed E-state index contributed by atoms with van der Waals surface area (Å²) in [6, 6.07) is 3.51. The molecule has 0 bridgehead atoms. The van der Waals surface area contributed by atoms with Crippen LogP contribution in [0, 0.1) is 10.1 Å². The molecule has 1 saturated heterocycles. The van der Waals surface area contributed by atoms with Gasteiger partial charge in [0.25, 0.3) is 5.69 Å². The van der Waals surface area contributed by atoms with E-state index >= 15 is 0 Å². The molecule has 7 nitrogen and oxygen atoms in total. The molecule has 0 N–H and O–H groups in total. The number of carbonyl (C=O) groups excluding carboxylic acids is 2. The lowest BCUT2D eigenvalue weighted by Gasteiger charge is -2.47. The zero-order chi connectivity index (χ0) is 19.2. The summed E-state index contributed by atoms with van der Waals surface area (Å²) < 4.78 is 46.1. The number of rotatable bonds is 2. The fraction of sp³-hybridized carbons (Fsp3) is 0.467. The molecule has 0 aromatic heterocycles. The van der Waals surface area contributed by atoms with Crippen molar-refractivity contribution >= 4 is 17.6 Å². The van der Waals surface area contributed by atoms with Crippen LogP contribution in [0.15, 0.2) is 24.3 Å². The van der Waals surface area contributed by atoms with Crippen molar-refractivity contribution in [2.24, 2.45) is 0 Å². The van der Waals surface area contributed by atoms with Crippen molar-refractivity contribution in [2.45, 2.75) is 38.1 Å². The van der Waals surface area contributed by atoms with E-state index in [1.54, 1.807) is 0 Å². The maximum Gasteiger partial charge on any atom is 0.434 e. The molecule has 1 fully saturated rings. The van der Waals surface area contributed by atoms with Gasteiger partial charge in [0.2, 0.25) is 5.60 Å². The Morgan fingerprint density at radius 3 is 2.08 bits per heavy atom. The van der Waals surface area contributed by atoms with Crippen LogP contribution >= 0.6 is 0 Å². The van der Waals surface area contributed by atoms with Gasteiger partial charge in [-0.2, -0.15) is 13.2 Å². The smallest absolute Gasteiger partial charge is 0.434 e. The fourth-order valence-electron chi connectivity index (χ4n) is 2.49. The molecule has 0 spiro atoms. The third-order valence-electron chi connectivity index (χ3n) is 3.88. The molecular formula is C15H15F3N2O5. The van der Waals surface area contributed by atoms with E-state index in [4.69, 9.17) is 0 Å². The number of esters is 1. The van der Waals surface area contributed by atoms with Gasteiger partial charge in [-0.1, -0.05) is 0 Å². The molecule has 0 aliphatic carbocycles. The minimum Gasteiger partial charge on any atom is -0.435 e. The number of benzene rings is 1. The molecule has 1 atom stereocenters. The van der Waals surface area contributed by atoms with Gasteiger partial charge in [0.05, 0.1) is 11.5 Å². The minimum absolute atomic E-state index is 0.410. The Balaban J connectivity index is 2.61. The predicted octanol–water partition coefficient (Wildman–Crippen LogP) is 2.54. The third kappa shape index (κ3) is 3.15. The average molecular weight is 360 g/mol. The second-order valence-corrected chi connectivity index (χ2v) is 6.58. The van der Waals surface area contributed by atoms with Gasteiger partial charge in [0, 0.05) is 23.2 Å². The predicted molar refractivity (Wildman–Crippen MR) is 78.4 cm³/mol. The monoisotopic (exact) mass is 360 g/mol. The molecule has 0 saturated carbocycles. The van der Waals surface area contributed by atoms with Crippen LogP contribution in [0.5, 0.6) is 0 Å². The van der Waals surface area contributed by atoms with Crippen molar-refractivity contribution in [1.82, 2.24) is 4.90 Å². The number of morpholine rings is 1. The number of halogens is 3. The Hall–Kier alpha value is -2.65. The van der Waals surface area contributed by atoms with Crippen LogP contribution in [0.2, 0.25) is 0 Å². The molecule has 10 heteroatoms. The second kappa shape index (κ2) is 5.71. The van der Waals surface area contributed by atoms with Crippen LogP contribution in [-0.2, 0) is 19.9 Å². The SMILES string of the molecule is CC(C)(C)N1CC(c2ccc([N+](=O)[O-])cc2)(C(F)(F)F)OC(=O)C1=O. The van der Waals surface area contributed by atoms with E-state index in [-0.39, 0.29) is 0 Å². The van der Waals surface area contributed by atoms with E-state index in [0.29, 0.717) is 0 Å². The Labute approximate surface area is 140 Å². The lowest BCUT2D eigenvalue weighted by Crippen LogP contribution is -2.65. The molecule has 2 rings (SSSR count). The first kappa shape index (κ1) is 18.7. The van der Waals surface area contributed by atoms with E-state index in [1.165, 1.54) is 20.8 Å². The molecule has 136 valence electrons. The molecule has 1 heterocycles. The van der Waals surface area contributed by atoms with Crippen LogP contribution in [0.4, 0.5) is 18.9 Å². The van der Waals surface area contributed by atoms with Crippen LogP contribution in [0.25, 0.3) is 0 Å². The van der Waals surface area contributed by atoms with E-state index in [0.717, 1.165) is 29.2 Å². The van der Waals surface area contributed by atoms with Crippen LogP contribution < -0.4 is 0 Å². The fourth-order valence-corrected chi connectivity index (χ4v) is 2.49. The van der Waals surface area contributed by atoms with Crippen molar-refractivity contribution in [3.63, 3.8) is 0 Å². The highest BCUT2D eigenvalue weighted by Gasteiger charge is 2.64. The molecule has 25 heavy (non-hydrogen) atoms. The summed E-state index contributed by atoms with van der Waals surface area (Å²) in [4.78, 5) is 34.5. The topological polar surface area (TPSA) is 89.8 Å². The number of cyclic esters (lactones) is 1. The van der Waals surface area contributed by atoms with Crippen molar-refractivity contribution in [3.8, 4) is 0 Å². The summed E-state index contributed by atoms with van der Waals surface area (Å²) in [5.74, 6) is -2.80. The number of non-ortho nitro benzene ring substituents is 1. The first-order chi connectivity index (χ1) is 11.3. The molecule has 1 aliphatic rings. The molecular weight excluding hydrogens is 345 g/mol. The highest BCUT2D eigenvalue weighted by molar-refractivity contribution is 6.33. The number of nitro benzene ring substituents is 1. The van der Waals surface area contributed by atoms with E-state index in [1.807, 2.05) is 0 Å². The first-order valence-corrected chi connectivity index (χ1v) is 7.16. The largest absolute Gasteiger partial charge is 0.435 e. The first-order valence-electron chi connectivity index (χ1n) is 7.16. The Morgan fingerprint density at radius 1 is 1.16 bits per heavy atom. The standard InChI is InChI=1S/C15H15F3N2O5/c1-13(2,3)19-8-14(15(16,17)18,25-12(22)11(19)21)9-4-6-10(7-5-9)20(23)24/h4-7H,8H2,1-3H3. The summed E-state index contributed by atoms with van der Waals surface area (Å²) >= 11 is 0.